The number of nitrogens with zero attached hydrogens (tertiary/aromatic N) is 5. The molecule has 0 N–H and O–H groups in total. The Bertz CT molecular complexity index is 658. The quantitative estimate of drug-likeness (QED) is 0.686. The fraction of sp³-hybridized carbons (Fsp3) is 0.273. The van der Waals surface area contributed by atoms with E-state index in [0.717, 1.165) is 5.69 Å². The van der Waals surface area contributed by atoms with E-state index in [1.165, 1.54) is 0 Å². The Hall–Kier alpha value is -1.96. The van der Waals surface area contributed by atoms with Crippen molar-refractivity contribution in [1.29, 1.82) is 0 Å². The van der Waals surface area contributed by atoms with Crippen LogP contribution in [0.1, 0.15) is 23.3 Å². The summed E-state index contributed by atoms with van der Waals surface area (Å²) >= 11 is 3.43. The highest BCUT2D eigenvalue weighted by molar-refractivity contribution is 9.09. The smallest absolute Gasteiger partial charge is 0.248 e. The number of rotatable bonds is 4. The van der Waals surface area contributed by atoms with Crippen molar-refractivity contribution in [3.05, 3.63) is 36.2 Å². The van der Waals surface area contributed by atoms with Crippen LogP contribution in [0.4, 0.5) is 0 Å². The maximum Gasteiger partial charge on any atom is 0.248 e. The third-order valence-electron chi connectivity index (χ3n) is 2.47. The zero-order chi connectivity index (χ0) is 13.2. The van der Waals surface area contributed by atoms with Crippen LogP contribution < -0.4 is 0 Å². The fourth-order valence-corrected chi connectivity index (χ4v) is 1.75. The normalized spacial score (nSPS) is 12.7. The summed E-state index contributed by atoms with van der Waals surface area (Å²) < 4.78 is 12.0. The topological polar surface area (TPSA) is 82.8 Å². The van der Waals surface area contributed by atoms with Crippen LogP contribution >= 0.6 is 15.9 Å². The van der Waals surface area contributed by atoms with E-state index >= 15 is 0 Å². The van der Waals surface area contributed by atoms with Crippen LogP contribution in [0.25, 0.3) is 11.6 Å². The van der Waals surface area contributed by atoms with Gasteiger partial charge in [0.15, 0.2) is 5.76 Å². The summed E-state index contributed by atoms with van der Waals surface area (Å²) in [6.07, 6.45) is 3.39. The minimum Gasteiger partial charge on any atom is -0.461 e. The molecule has 1 atom stereocenters. The average molecular weight is 324 g/mol. The van der Waals surface area contributed by atoms with Gasteiger partial charge < -0.3 is 8.94 Å². The molecule has 3 aromatic heterocycles. The molecule has 3 rings (SSSR count). The number of alkyl halides is 1. The molecule has 0 aliphatic heterocycles. The molecule has 3 aromatic rings. The van der Waals surface area contributed by atoms with Gasteiger partial charge in [0.2, 0.25) is 11.7 Å². The maximum atomic E-state index is 5.19. The van der Waals surface area contributed by atoms with E-state index < -0.39 is 0 Å². The first kappa shape index (κ1) is 12.1. The molecule has 0 bridgehead atoms. The van der Waals surface area contributed by atoms with Crippen molar-refractivity contribution in [2.45, 2.75) is 18.3 Å². The third-order valence-corrected chi connectivity index (χ3v) is 2.94. The predicted molar refractivity (Wildman–Crippen MR) is 68.5 cm³/mol. The molecule has 1 unspecified atom stereocenters. The highest BCUT2D eigenvalue weighted by Gasteiger charge is 2.12. The Morgan fingerprint density at radius 3 is 3.05 bits per heavy atom. The molecule has 8 heteroatoms. The average Bonchev–Trinajstić information content (AvgIpc) is 3.09. The van der Waals surface area contributed by atoms with Crippen molar-refractivity contribution in [2.75, 3.05) is 0 Å². The lowest BCUT2D eigenvalue weighted by molar-refractivity contribution is 0.363. The second kappa shape index (κ2) is 4.96. The second-order valence-corrected chi connectivity index (χ2v) is 5.32. The summed E-state index contributed by atoms with van der Waals surface area (Å²) in [6, 6.07) is 3.54. The van der Waals surface area contributed by atoms with E-state index in [2.05, 4.69) is 36.4 Å². The van der Waals surface area contributed by atoms with E-state index in [1.807, 2.05) is 13.1 Å². The molecule has 0 saturated heterocycles. The molecule has 0 spiro atoms. The molecule has 7 nitrogen and oxygen atoms in total. The van der Waals surface area contributed by atoms with Crippen LogP contribution in [-0.2, 0) is 6.54 Å². The van der Waals surface area contributed by atoms with Gasteiger partial charge in [0.05, 0.1) is 23.0 Å². The Balaban J connectivity index is 1.76. The summed E-state index contributed by atoms with van der Waals surface area (Å²) in [5.74, 6) is 1.45. The van der Waals surface area contributed by atoms with E-state index in [-0.39, 0.29) is 4.83 Å². The number of halogens is 1. The zero-order valence-corrected chi connectivity index (χ0v) is 11.6. The number of aromatic nitrogens is 5. The lowest BCUT2D eigenvalue weighted by Crippen LogP contribution is -2.00. The van der Waals surface area contributed by atoms with Crippen LogP contribution in [-0.4, -0.2) is 25.1 Å². The zero-order valence-electron chi connectivity index (χ0n) is 10.0. The molecule has 0 radical (unpaired) electrons. The van der Waals surface area contributed by atoms with Crippen LogP contribution in [0, 0.1) is 0 Å². The minimum atomic E-state index is 0.155. The lowest BCUT2D eigenvalue weighted by atomic mass is 10.4. The summed E-state index contributed by atoms with van der Waals surface area (Å²) in [4.78, 5) is 4.39. The first-order valence-electron chi connectivity index (χ1n) is 5.63. The van der Waals surface area contributed by atoms with Gasteiger partial charge in [0.25, 0.3) is 0 Å². The van der Waals surface area contributed by atoms with E-state index in [9.17, 15) is 0 Å². The van der Waals surface area contributed by atoms with Gasteiger partial charge in [0.1, 0.15) is 6.54 Å². The largest absolute Gasteiger partial charge is 0.461 e. The van der Waals surface area contributed by atoms with Gasteiger partial charge >= 0.3 is 0 Å². The van der Waals surface area contributed by atoms with Crippen LogP contribution in [0.3, 0.4) is 0 Å². The van der Waals surface area contributed by atoms with Crippen molar-refractivity contribution < 1.29 is 8.94 Å². The molecule has 0 saturated carbocycles. The highest BCUT2D eigenvalue weighted by atomic mass is 79.9. The highest BCUT2D eigenvalue weighted by Crippen LogP contribution is 2.19. The van der Waals surface area contributed by atoms with Crippen molar-refractivity contribution in [2.24, 2.45) is 0 Å². The van der Waals surface area contributed by atoms with Gasteiger partial charge in [-0.2, -0.15) is 4.98 Å². The number of hydrogen-bond acceptors (Lipinski definition) is 6. The minimum absolute atomic E-state index is 0.155. The first-order valence-corrected chi connectivity index (χ1v) is 6.54. The third kappa shape index (κ3) is 2.58. The molecule has 0 fully saturated rings. The molecular formula is C11H10BrN5O2. The molecule has 0 amide bonds. The molecule has 0 aliphatic rings. The molecule has 0 aliphatic carbocycles. The second-order valence-electron chi connectivity index (χ2n) is 3.95. The fourth-order valence-electron chi connectivity index (χ4n) is 1.54. The van der Waals surface area contributed by atoms with E-state index in [4.69, 9.17) is 8.94 Å². The van der Waals surface area contributed by atoms with Gasteiger partial charge in [-0.05, 0) is 19.1 Å². The Morgan fingerprint density at radius 2 is 2.37 bits per heavy atom. The Kier molecular flexibility index (Phi) is 3.16. The maximum absolute atomic E-state index is 5.19. The lowest BCUT2D eigenvalue weighted by Gasteiger charge is -1.94. The van der Waals surface area contributed by atoms with Crippen molar-refractivity contribution in [1.82, 2.24) is 25.1 Å². The Labute approximate surface area is 116 Å². The van der Waals surface area contributed by atoms with E-state index in [1.54, 1.807) is 23.1 Å². The first-order chi connectivity index (χ1) is 9.22. The summed E-state index contributed by atoms with van der Waals surface area (Å²) in [7, 11) is 0. The Morgan fingerprint density at radius 1 is 1.47 bits per heavy atom. The summed E-state index contributed by atoms with van der Waals surface area (Å²) in [5.41, 5.74) is 0.853. The standard InChI is InChI=1S/C11H10BrN5O2/c1-7(12)8-5-17(16-14-8)6-10-13-11(15-19-10)9-3-2-4-18-9/h2-5,7H,6H2,1H3. The molecule has 19 heavy (non-hydrogen) atoms. The molecule has 3 heterocycles. The molecular weight excluding hydrogens is 314 g/mol. The van der Waals surface area contributed by atoms with Crippen LogP contribution in [0.5, 0.6) is 0 Å². The van der Waals surface area contributed by atoms with Gasteiger partial charge in [-0.3, -0.25) is 0 Å². The van der Waals surface area contributed by atoms with Crippen molar-refractivity contribution >= 4 is 15.9 Å². The van der Waals surface area contributed by atoms with Gasteiger partial charge in [-0.1, -0.05) is 26.3 Å². The monoisotopic (exact) mass is 323 g/mol. The van der Waals surface area contributed by atoms with Crippen molar-refractivity contribution in [3.8, 4) is 11.6 Å². The van der Waals surface area contributed by atoms with Crippen molar-refractivity contribution in [3.63, 3.8) is 0 Å². The number of hydrogen-bond donors (Lipinski definition) is 0. The predicted octanol–water partition coefficient (Wildman–Crippen LogP) is 2.43. The van der Waals surface area contributed by atoms with Gasteiger partial charge in [-0.25, -0.2) is 4.68 Å². The van der Waals surface area contributed by atoms with E-state index in [0.29, 0.717) is 24.0 Å². The molecule has 0 aromatic carbocycles. The SMILES string of the molecule is CC(Br)c1cn(Cc2nc(-c3ccco3)no2)nn1. The van der Waals surface area contributed by atoms with Crippen LogP contribution in [0.2, 0.25) is 0 Å². The number of furan rings is 1. The summed E-state index contributed by atoms with van der Waals surface area (Å²) in [5, 5.41) is 11.9. The van der Waals surface area contributed by atoms with Gasteiger partial charge in [-0.15, -0.1) is 5.10 Å². The summed E-state index contributed by atoms with van der Waals surface area (Å²) in [6.45, 7) is 2.36. The van der Waals surface area contributed by atoms with Crippen LogP contribution in [0.15, 0.2) is 33.5 Å². The van der Waals surface area contributed by atoms with Gasteiger partial charge in [0, 0.05) is 0 Å². The molecule has 98 valence electrons.